The molecule has 3 aromatic rings. The lowest BCUT2D eigenvalue weighted by molar-refractivity contribution is -0.133. The minimum atomic E-state index is -0.487. The van der Waals surface area contributed by atoms with Gasteiger partial charge < -0.3 is 28.7 Å². The van der Waals surface area contributed by atoms with Crippen LogP contribution in [0.4, 0.5) is 10.2 Å². The van der Waals surface area contributed by atoms with Crippen molar-refractivity contribution < 1.29 is 28.1 Å². The second-order valence-electron chi connectivity index (χ2n) is 7.78. The summed E-state index contributed by atoms with van der Waals surface area (Å²) < 4.78 is 35.2. The van der Waals surface area contributed by atoms with E-state index in [-0.39, 0.29) is 18.3 Å². The van der Waals surface area contributed by atoms with E-state index in [1.54, 1.807) is 38.4 Å². The molecule has 1 aliphatic rings. The van der Waals surface area contributed by atoms with E-state index in [1.165, 1.54) is 12.1 Å². The van der Waals surface area contributed by atoms with Crippen molar-refractivity contribution >= 4 is 11.7 Å². The quantitative estimate of drug-likeness (QED) is 0.484. The Morgan fingerprint density at radius 1 is 0.886 bits per heavy atom. The van der Waals surface area contributed by atoms with E-state index < -0.39 is 5.82 Å². The number of carbonyl (C=O) groups excluding carboxylic acids is 1. The van der Waals surface area contributed by atoms with E-state index in [0.29, 0.717) is 49.1 Å². The summed E-state index contributed by atoms with van der Waals surface area (Å²) in [7, 11) is 4.68. The molecule has 0 bridgehead atoms. The molecule has 184 valence electrons. The Balaban J connectivity index is 1.36. The van der Waals surface area contributed by atoms with Gasteiger partial charge in [0.1, 0.15) is 0 Å². The summed E-state index contributed by atoms with van der Waals surface area (Å²) in [6.07, 6.45) is 0. The summed E-state index contributed by atoms with van der Waals surface area (Å²) in [4.78, 5) is 16.2. The normalized spacial score (nSPS) is 13.4. The zero-order chi connectivity index (χ0) is 24.8. The fourth-order valence-electron chi connectivity index (χ4n) is 3.85. The smallest absolute Gasteiger partial charge is 0.260 e. The SMILES string of the molecule is COc1cc(-c2ccc(N3CCN(C(=O)COc4ccccc4F)CC3)nn2)cc(OC)c1OC. The zero-order valence-corrected chi connectivity index (χ0v) is 19.9. The number of ether oxygens (including phenoxy) is 4. The monoisotopic (exact) mass is 482 g/mol. The summed E-state index contributed by atoms with van der Waals surface area (Å²) in [5, 5.41) is 8.76. The van der Waals surface area contributed by atoms with Gasteiger partial charge in [-0.15, -0.1) is 10.2 Å². The molecular weight excluding hydrogens is 455 g/mol. The van der Waals surface area contributed by atoms with E-state index in [1.807, 2.05) is 24.3 Å². The Morgan fingerprint density at radius 2 is 1.57 bits per heavy atom. The Morgan fingerprint density at radius 3 is 2.14 bits per heavy atom. The van der Waals surface area contributed by atoms with Gasteiger partial charge in [-0.05, 0) is 36.4 Å². The lowest BCUT2D eigenvalue weighted by Crippen LogP contribution is -2.50. The third kappa shape index (κ3) is 5.37. The van der Waals surface area contributed by atoms with Gasteiger partial charge in [0.2, 0.25) is 5.75 Å². The molecule has 0 atom stereocenters. The van der Waals surface area contributed by atoms with E-state index in [4.69, 9.17) is 18.9 Å². The minimum Gasteiger partial charge on any atom is -0.493 e. The number of aromatic nitrogens is 2. The zero-order valence-electron chi connectivity index (χ0n) is 19.9. The number of nitrogens with zero attached hydrogens (tertiary/aromatic N) is 4. The first-order valence-corrected chi connectivity index (χ1v) is 11.1. The topological polar surface area (TPSA) is 86.3 Å². The maximum Gasteiger partial charge on any atom is 0.260 e. The fourth-order valence-corrected chi connectivity index (χ4v) is 3.85. The highest BCUT2D eigenvalue weighted by atomic mass is 19.1. The van der Waals surface area contributed by atoms with Gasteiger partial charge in [0, 0.05) is 31.7 Å². The molecule has 0 unspecified atom stereocenters. The maximum absolute atomic E-state index is 13.7. The highest BCUT2D eigenvalue weighted by Gasteiger charge is 2.23. The molecule has 9 nitrogen and oxygen atoms in total. The van der Waals surface area contributed by atoms with Crippen LogP contribution in [0.25, 0.3) is 11.3 Å². The van der Waals surface area contributed by atoms with Gasteiger partial charge in [0.05, 0.1) is 27.0 Å². The lowest BCUT2D eigenvalue weighted by atomic mass is 10.1. The van der Waals surface area contributed by atoms with Crippen molar-refractivity contribution in [2.24, 2.45) is 0 Å². The first-order chi connectivity index (χ1) is 17.0. The van der Waals surface area contributed by atoms with Crippen molar-refractivity contribution in [1.82, 2.24) is 15.1 Å². The predicted molar refractivity (Wildman–Crippen MR) is 128 cm³/mol. The number of rotatable bonds is 8. The van der Waals surface area contributed by atoms with E-state index >= 15 is 0 Å². The Labute approximate surface area is 203 Å². The molecule has 2 aromatic carbocycles. The molecule has 1 aromatic heterocycles. The lowest BCUT2D eigenvalue weighted by Gasteiger charge is -2.35. The van der Waals surface area contributed by atoms with Crippen molar-refractivity contribution in [2.75, 3.05) is 59.0 Å². The van der Waals surface area contributed by atoms with Crippen LogP contribution in [0.5, 0.6) is 23.0 Å². The van der Waals surface area contributed by atoms with Crippen LogP contribution in [0.2, 0.25) is 0 Å². The number of piperazine rings is 1. The first-order valence-electron chi connectivity index (χ1n) is 11.1. The van der Waals surface area contributed by atoms with Crippen LogP contribution >= 0.6 is 0 Å². The van der Waals surface area contributed by atoms with Gasteiger partial charge >= 0.3 is 0 Å². The van der Waals surface area contributed by atoms with Crippen LogP contribution in [0.15, 0.2) is 48.5 Å². The molecule has 0 radical (unpaired) electrons. The number of hydrogen-bond acceptors (Lipinski definition) is 8. The number of hydrogen-bond donors (Lipinski definition) is 0. The molecule has 10 heteroatoms. The first kappa shape index (κ1) is 24.1. The van der Waals surface area contributed by atoms with Gasteiger partial charge in [0.15, 0.2) is 35.5 Å². The summed E-state index contributed by atoms with van der Waals surface area (Å²) >= 11 is 0. The van der Waals surface area contributed by atoms with Crippen molar-refractivity contribution in [2.45, 2.75) is 0 Å². The molecule has 2 heterocycles. The molecule has 0 saturated carbocycles. The number of anilines is 1. The molecule has 0 spiro atoms. The van der Waals surface area contributed by atoms with Crippen LogP contribution in [-0.2, 0) is 4.79 Å². The molecule has 1 fully saturated rings. The number of amides is 1. The molecule has 1 amide bonds. The van der Waals surface area contributed by atoms with Crippen molar-refractivity contribution in [3.63, 3.8) is 0 Å². The van der Waals surface area contributed by atoms with Crippen LogP contribution in [-0.4, -0.2) is 75.1 Å². The molecule has 1 aliphatic heterocycles. The summed E-state index contributed by atoms with van der Waals surface area (Å²) in [6.45, 7) is 2.02. The molecule has 0 N–H and O–H groups in total. The average Bonchev–Trinajstić information content (AvgIpc) is 2.91. The average molecular weight is 483 g/mol. The second kappa shape index (κ2) is 10.9. The molecule has 35 heavy (non-hydrogen) atoms. The molecular formula is C25H27FN4O5. The Hall–Kier alpha value is -4.08. The van der Waals surface area contributed by atoms with Crippen LogP contribution < -0.4 is 23.8 Å². The number of halogens is 1. The van der Waals surface area contributed by atoms with Gasteiger partial charge in [-0.1, -0.05) is 12.1 Å². The van der Waals surface area contributed by atoms with Gasteiger partial charge in [0.25, 0.3) is 5.91 Å². The van der Waals surface area contributed by atoms with Gasteiger partial charge in [-0.3, -0.25) is 4.79 Å². The third-order valence-electron chi connectivity index (χ3n) is 5.76. The Bertz CT molecular complexity index is 1140. The van der Waals surface area contributed by atoms with E-state index in [0.717, 1.165) is 11.4 Å². The highest BCUT2D eigenvalue weighted by molar-refractivity contribution is 5.78. The molecule has 4 rings (SSSR count). The fraction of sp³-hybridized carbons (Fsp3) is 0.320. The molecule has 1 saturated heterocycles. The largest absolute Gasteiger partial charge is 0.493 e. The van der Waals surface area contributed by atoms with E-state index in [2.05, 4.69) is 15.1 Å². The number of para-hydroxylation sites is 1. The summed E-state index contributed by atoms with van der Waals surface area (Å²) in [5.74, 6) is 1.70. The van der Waals surface area contributed by atoms with Crippen molar-refractivity contribution in [3.05, 3.63) is 54.3 Å². The number of benzene rings is 2. The summed E-state index contributed by atoms with van der Waals surface area (Å²) in [5.41, 5.74) is 1.44. The van der Waals surface area contributed by atoms with Gasteiger partial charge in [-0.2, -0.15) is 0 Å². The summed E-state index contributed by atoms with van der Waals surface area (Å²) in [6, 6.07) is 13.4. The minimum absolute atomic E-state index is 0.0713. The number of carbonyl (C=O) groups is 1. The van der Waals surface area contributed by atoms with E-state index in [9.17, 15) is 9.18 Å². The third-order valence-corrected chi connectivity index (χ3v) is 5.76. The number of methoxy groups -OCH3 is 3. The Kier molecular flexibility index (Phi) is 7.49. The van der Waals surface area contributed by atoms with Crippen LogP contribution in [0.3, 0.4) is 0 Å². The van der Waals surface area contributed by atoms with Crippen molar-refractivity contribution in [1.29, 1.82) is 0 Å². The standard InChI is InChI=1S/C25H27FN4O5/c1-32-21-14-17(15-22(33-2)25(21)34-3)19-8-9-23(28-27-19)29-10-12-30(13-11-29)24(31)16-35-20-7-5-4-6-18(20)26/h4-9,14-15H,10-13,16H2,1-3H3. The molecule has 0 aliphatic carbocycles. The van der Waals surface area contributed by atoms with Gasteiger partial charge in [-0.25, -0.2) is 4.39 Å². The highest BCUT2D eigenvalue weighted by Crippen LogP contribution is 2.40. The van der Waals surface area contributed by atoms with Crippen molar-refractivity contribution in [3.8, 4) is 34.3 Å². The maximum atomic E-state index is 13.7. The second-order valence-corrected chi connectivity index (χ2v) is 7.78. The predicted octanol–water partition coefficient (Wildman–Crippen LogP) is 3.04. The van der Waals surface area contributed by atoms with Crippen LogP contribution in [0, 0.1) is 5.82 Å². The van der Waals surface area contributed by atoms with Crippen LogP contribution in [0.1, 0.15) is 0 Å².